The van der Waals surface area contributed by atoms with Gasteiger partial charge in [0.2, 0.25) is 0 Å². The lowest BCUT2D eigenvalue weighted by molar-refractivity contribution is -0.0317. The van der Waals surface area contributed by atoms with E-state index in [-0.39, 0.29) is 0 Å². The maximum absolute atomic E-state index is 5.77. The highest BCUT2D eigenvalue weighted by molar-refractivity contribution is 4.71. The van der Waals surface area contributed by atoms with Crippen molar-refractivity contribution < 1.29 is 4.74 Å². The van der Waals surface area contributed by atoms with Crippen molar-refractivity contribution in [1.29, 1.82) is 0 Å². The zero-order chi connectivity index (χ0) is 8.81. The van der Waals surface area contributed by atoms with Gasteiger partial charge in [-0.2, -0.15) is 0 Å². The summed E-state index contributed by atoms with van der Waals surface area (Å²) in [7, 11) is 0. The van der Waals surface area contributed by atoms with Crippen molar-refractivity contribution in [3.05, 3.63) is 0 Å². The molecule has 1 aliphatic rings. The van der Waals surface area contributed by atoms with Crippen molar-refractivity contribution in [2.24, 2.45) is 0 Å². The molecule has 0 aromatic carbocycles. The normalized spacial score (nSPS) is 30.5. The van der Waals surface area contributed by atoms with Crippen molar-refractivity contribution in [2.75, 3.05) is 13.1 Å². The Kier molecular flexibility index (Phi) is 4.62. The number of rotatable bonds is 4. The summed E-state index contributed by atoms with van der Waals surface area (Å²) in [6, 6.07) is 0. The van der Waals surface area contributed by atoms with E-state index < -0.39 is 0 Å². The second-order valence-electron chi connectivity index (χ2n) is 3.72. The van der Waals surface area contributed by atoms with Crippen LogP contribution >= 0.6 is 0 Å². The standard InChI is InChI=1S/C10H21NO/c1-3-4-5-6-10-8-11-7-9(2)12-10/h9-11H,3-8H2,1-2H3/t9-,10+/m1/s1. The topological polar surface area (TPSA) is 21.3 Å². The Balaban J connectivity index is 2.06. The molecule has 2 heteroatoms. The first kappa shape index (κ1) is 10.0. The SMILES string of the molecule is CCCCC[C@H]1CNC[C@@H](C)O1. The lowest BCUT2D eigenvalue weighted by Gasteiger charge is -2.28. The van der Waals surface area contributed by atoms with E-state index in [9.17, 15) is 0 Å². The first-order valence-electron chi connectivity index (χ1n) is 5.19. The van der Waals surface area contributed by atoms with E-state index in [4.69, 9.17) is 4.74 Å². The number of ether oxygens (including phenoxy) is 1. The minimum Gasteiger partial charge on any atom is -0.373 e. The van der Waals surface area contributed by atoms with Crippen molar-refractivity contribution >= 4 is 0 Å². The van der Waals surface area contributed by atoms with Gasteiger partial charge in [0.1, 0.15) is 0 Å². The maximum atomic E-state index is 5.77. The van der Waals surface area contributed by atoms with Crippen LogP contribution < -0.4 is 5.32 Å². The second-order valence-corrected chi connectivity index (χ2v) is 3.72. The van der Waals surface area contributed by atoms with Crippen molar-refractivity contribution in [1.82, 2.24) is 5.32 Å². The molecule has 0 saturated carbocycles. The zero-order valence-electron chi connectivity index (χ0n) is 8.31. The predicted molar refractivity (Wildman–Crippen MR) is 51.3 cm³/mol. The van der Waals surface area contributed by atoms with E-state index >= 15 is 0 Å². The monoisotopic (exact) mass is 171 g/mol. The molecule has 1 heterocycles. The Morgan fingerprint density at radius 1 is 1.33 bits per heavy atom. The third kappa shape index (κ3) is 3.55. The smallest absolute Gasteiger partial charge is 0.0703 e. The minimum atomic E-state index is 0.408. The third-order valence-corrected chi connectivity index (χ3v) is 2.36. The third-order valence-electron chi connectivity index (χ3n) is 2.36. The second kappa shape index (κ2) is 5.55. The van der Waals surface area contributed by atoms with Gasteiger partial charge in [0.25, 0.3) is 0 Å². The molecule has 0 aromatic heterocycles. The van der Waals surface area contributed by atoms with Gasteiger partial charge in [-0.1, -0.05) is 26.2 Å². The number of hydrogen-bond donors (Lipinski definition) is 1. The number of hydrogen-bond acceptors (Lipinski definition) is 2. The van der Waals surface area contributed by atoms with E-state index in [0.29, 0.717) is 12.2 Å². The van der Waals surface area contributed by atoms with Gasteiger partial charge >= 0.3 is 0 Å². The van der Waals surface area contributed by atoms with Crippen LogP contribution in [-0.4, -0.2) is 25.3 Å². The fraction of sp³-hybridized carbons (Fsp3) is 1.00. The van der Waals surface area contributed by atoms with Crippen LogP contribution in [0.1, 0.15) is 39.5 Å². The summed E-state index contributed by atoms with van der Waals surface area (Å²) in [4.78, 5) is 0. The van der Waals surface area contributed by atoms with Crippen LogP contribution in [0.2, 0.25) is 0 Å². The quantitative estimate of drug-likeness (QED) is 0.653. The number of morpholine rings is 1. The van der Waals surface area contributed by atoms with Crippen LogP contribution in [0.4, 0.5) is 0 Å². The average molecular weight is 171 g/mol. The van der Waals surface area contributed by atoms with E-state index in [2.05, 4.69) is 19.2 Å². The van der Waals surface area contributed by atoms with E-state index in [0.717, 1.165) is 13.1 Å². The first-order valence-corrected chi connectivity index (χ1v) is 5.19. The number of nitrogens with one attached hydrogen (secondary N) is 1. The van der Waals surface area contributed by atoms with Crippen LogP contribution in [0.25, 0.3) is 0 Å². The van der Waals surface area contributed by atoms with Crippen molar-refractivity contribution in [3.63, 3.8) is 0 Å². The molecule has 12 heavy (non-hydrogen) atoms. The van der Waals surface area contributed by atoms with E-state index in [1.54, 1.807) is 0 Å². The zero-order valence-corrected chi connectivity index (χ0v) is 8.31. The van der Waals surface area contributed by atoms with Gasteiger partial charge in [0, 0.05) is 13.1 Å². The summed E-state index contributed by atoms with van der Waals surface area (Å²) in [6.45, 7) is 6.44. The lowest BCUT2D eigenvalue weighted by atomic mass is 10.1. The summed E-state index contributed by atoms with van der Waals surface area (Å²) in [5.74, 6) is 0. The molecule has 1 aliphatic heterocycles. The Morgan fingerprint density at radius 2 is 2.17 bits per heavy atom. The van der Waals surface area contributed by atoms with E-state index in [1.807, 2.05) is 0 Å². The summed E-state index contributed by atoms with van der Waals surface area (Å²) >= 11 is 0. The van der Waals surface area contributed by atoms with Crippen LogP contribution in [-0.2, 0) is 4.74 Å². The minimum absolute atomic E-state index is 0.408. The molecule has 1 fully saturated rings. The van der Waals surface area contributed by atoms with Gasteiger partial charge in [-0.05, 0) is 13.3 Å². The van der Waals surface area contributed by atoms with Gasteiger partial charge in [0.05, 0.1) is 12.2 Å². The molecule has 0 spiro atoms. The summed E-state index contributed by atoms with van der Waals surface area (Å²) in [5.41, 5.74) is 0. The molecule has 2 nitrogen and oxygen atoms in total. The van der Waals surface area contributed by atoms with Gasteiger partial charge in [0.15, 0.2) is 0 Å². The molecule has 2 atom stereocenters. The van der Waals surface area contributed by atoms with Gasteiger partial charge < -0.3 is 10.1 Å². The van der Waals surface area contributed by atoms with Crippen LogP contribution in [0.15, 0.2) is 0 Å². The summed E-state index contributed by atoms with van der Waals surface area (Å²) < 4.78 is 5.77. The molecule has 0 aliphatic carbocycles. The Labute approximate surface area is 75.7 Å². The fourth-order valence-electron chi connectivity index (χ4n) is 1.66. The fourth-order valence-corrected chi connectivity index (χ4v) is 1.66. The molecule has 1 N–H and O–H groups in total. The lowest BCUT2D eigenvalue weighted by Crippen LogP contribution is -2.43. The van der Waals surface area contributed by atoms with E-state index in [1.165, 1.54) is 25.7 Å². The molecular formula is C10H21NO. The Bertz CT molecular complexity index is 116. The molecule has 1 rings (SSSR count). The highest BCUT2D eigenvalue weighted by atomic mass is 16.5. The molecule has 0 aromatic rings. The van der Waals surface area contributed by atoms with Crippen LogP contribution in [0.5, 0.6) is 0 Å². The van der Waals surface area contributed by atoms with Crippen LogP contribution in [0, 0.1) is 0 Å². The van der Waals surface area contributed by atoms with Crippen molar-refractivity contribution in [2.45, 2.75) is 51.7 Å². The highest BCUT2D eigenvalue weighted by Crippen LogP contribution is 2.10. The Morgan fingerprint density at radius 3 is 2.83 bits per heavy atom. The molecule has 72 valence electrons. The first-order chi connectivity index (χ1) is 5.83. The van der Waals surface area contributed by atoms with Gasteiger partial charge in [-0.15, -0.1) is 0 Å². The predicted octanol–water partition coefficient (Wildman–Crippen LogP) is 1.94. The molecular weight excluding hydrogens is 150 g/mol. The maximum Gasteiger partial charge on any atom is 0.0703 e. The average Bonchev–Trinajstić information content (AvgIpc) is 2.05. The molecule has 0 unspecified atom stereocenters. The van der Waals surface area contributed by atoms with Crippen LogP contribution in [0.3, 0.4) is 0 Å². The number of unbranched alkanes of at least 4 members (excludes halogenated alkanes) is 2. The summed E-state index contributed by atoms with van der Waals surface area (Å²) in [5, 5.41) is 3.39. The molecule has 0 bridgehead atoms. The Hall–Kier alpha value is -0.0800. The van der Waals surface area contributed by atoms with Gasteiger partial charge in [-0.3, -0.25) is 0 Å². The van der Waals surface area contributed by atoms with Gasteiger partial charge in [-0.25, -0.2) is 0 Å². The largest absolute Gasteiger partial charge is 0.373 e. The highest BCUT2D eigenvalue weighted by Gasteiger charge is 2.17. The summed E-state index contributed by atoms with van der Waals surface area (Å²) in [6.07, 6.45) is 6.07. The molecule has 0 amide bonds. The van der Waals surface area contributed by atoms with Crippen molar-refractivity contribution in [3.8, 4) is 0 Å². The molecule has 1 saturated heterocycles. The molecule has 0 radical (unpaired) electrons.